The number of nitrogens with one attached hydrogen (secondary N) is 1. The average molecular weight is 435 g/mol. The number of hydrogen-bond acceptors (Lipinski definition) is 5. The van der Waals surface area contributed by atoms with Gasteiger partial charge in [-0.3, -0.25) is 4.79 Å². The smallest absolute Gasteiger partial charge is 0.243 e. The summed E-state index contributed by atoms with van der Waals surface area (Å²) in [6, 6.07) is 14.5. The van der Waals surface area contributed by atoms with Crippen LogP contribution in [0.1, 0.15) is 25.3 Å². The minimum Gasteiger partial charge on any atom is -0.495 e. The number of anilines is 1. The molecule has 8 heteroatoms. The van der Waals surface area contributed by atoms with Gasteiger partial charge in [0.15, 0.2) is 0 Å². The van der Waals surface area contributed by atoms with Crippen molar-refractivity contribution in [2.24, 2.45) is 0 Å². The molecular weight excluding hydrogens is 408 g/mol. The number of sulfonamides is 1. The Morgan fingerprint density at radius 1 is 1.17 bits per heavy atom. The van der Waals surface area contributed by atoms with Crippen molar-refractivity contribution >= 4 is 33.4 Å². The largest absolute Gasteiger partial charge is 0.495 e. The molecule has 1 saturated heterocycles. The van der Waals surface area contributed by atoms with Crippen LogP contribution >= 0.6 is 11.8 Å². The van der Waals surface area contributed by atoms with Crippen molar-refractivity contribution < 1.29 is 17.9 Å². The molecule has 0 bridgehead atoms. The van der Waals surface area contributed by atoms with E-state index in [1.165, 1.54) is 35.3 Å². The Morgan fingerprint density at radius 3 is 2.52 bits per heavy atom. The third-order valence-corrected chi connectivity index (χ3v) is 7.95. The fourth-order valence-corrected chi connectivity index (χ4v) is 5.52. The SMILES string of the molecule is COc1ccc(S(=O)(=O)N2CCCC2)cc1NC(=O)C(C)SCc1ccccc1. The van der Waals surface area contributed by atoms with Gasteiger partial charge >= 0.3 is 0 Å². The van der Waals surface area contributed by atoms with E-state index in [0.29, 0.717) is 24.5 Å². The molecule has 1 unspecified atom stereocenters. The van der Waals surface area contributed by atoms with Gasteiger partial charge in [0.2, 0.25) is 15.9 Å². The molecule has 29 heavy (non-hydrogen) atoms. The molecule has 1 heterocycles. The summed E-state index contributed by atoms with van der Waals surface area (Å²) in [5.41, 5.74) is 1.51. The third-order valence-electron chi connectivity index (χ3n) is 4.84. The first-order valence-electron chi connectivity index (χ1n) is 9.56. The van der Waals surface area contributed by atoms with Crippen LogP contribution in [-0.2, 0) is 20.6 Å². The van der Waals surface area contributed by atoms with Gasteiger partial charge in [0.05, 0.1) is 22.9 Å². The van der Waals surface area contributed by atoms with E-state index < -0.39 is 10.0 Å². The zero-order valence-electron chi connectivity index (χ0n) is 16.6. The predicted molar refractivity (Wildman–Crippen MR) is 117 cm³/mol. The molecule has 1 aliphatic rings. The lowest BCUT2D eigenvalue weighted by atomic mass is 10.2. The van der Waals surface area contributed by atoms with Gasteiger partial charge in [-0.2, -0.15) is 4.31 Å². The second-order valence-electron chi connectivity index (χ2n) is 6.90. The van der Waals surface area contributed by atoms with Gasteiger partial charge < -0.3 is 10.1 Å². The van der Waals surface area contributed by atoms with Crippen LogP contribution in [0.3, 0.4) is 0 Å². The van der Waals surface area contributed by atoms with Crippen molar-refractivity contribution in [2.45, 2.75) is 35.7 Å². The van der Waals surface area contributed by atoms with Crippen molar-refractivity contribution in [3.05, 3.63) is 54.1 Å². The summed E-state index contributed by atoms with van der Waals surface area (Å²) in [6.45, 7) is 2.90. The molecule has 2 aromatic carbocycles. The number of nitrogens with zero attached hydrogens (tertiary/aromatic N) is 1. The highest BCUT2D eigenvalue weighted by atomic mass is 32.2. The van der Waals surface area contributed by atoms with E-state index in [2.05, 4.69) is 5.32 Å². The zero-order chi connectivity index (χ0) is 20.9. The van der Waals surface area contributed by atoms with E-state index in [9.17, 15) is 13.2 Å². The van der Waals surface area contributed by atoms with Crippen LogP contribution in [0.25, 0.3) is 0 Å². The highest BCUT2D eigenvalue weighted by Crippen LogP contribution is 2.31. The number of benzene rings is 2. The van der Waals surface area contributed by atoms with E-state index in [1.54, 1.807) is 6.07 Å². The molecule has 0 aromatic heterocycles. The van der Waals surface area contributed by atoms with Gasteiger partial charge in [-0.05, 0) is 43.5 Å². The third kappa shape index (κ3) is 5.32. The minimum absolute atomic E-state index is 0.167. The van der Waals surface area contributed by atoms with Gasteiger partial charge in [0.25, 0.3) is 0 Å². The quantitative estimate of drug-likeness (QED) is 0.685. The Hall–Kier alpha value is -2.03. The molecule has 3 rings (SSSR count). The molecule has 1 amide bonds. The normalized spacial score (nSPS) is 15.8. The number of amides is 1. The molecule has 0 aliphatic carbocycles. The highest BCUT2D eigenvalue weighted by molar-refractivity contribution is 7.99. The van der Waals surface area contributed by atoms with E-state index >= 15 is 0 Å². The number of hydrogen-bond donors (Lipinski definition) is 1. The number of methoxy groups -OCH3 is 1. The molecule has 1 N–H and O–H groups in total. The van der Waals surface area contributed by atoms with Crippen molar-refractivity contribution in [3.63, 3.8) is 0 Å². The van der Waals surface area contributed by atoms with Gasteiger partial charge in [-0.15, -0.1) is 11.8 Å². The van der Waals surface area contributed by atoms with E-state index in [0.717, 1.165) is 24.2 Å². The van der Waals surface area contributed by atoms with Crippen LogP contribution < -0.4 is 10.1 Å². The monoisotopic (exact) mass is 434 g/mol. The second kappa shape index (κ2) is 9.65. The topological polar surface area (TPSA) is 75.7 Å². The number of thioether (sulfide) groups is 1. The average Bonchev–Trinajstić information content (AvgIpc) is 3.28. The maximum atomic E-state index is 12.8. The van der Waals surface area contributed by atoms with Gasteiger partial charge in [0.1, 0.15) is 5.75 Å². The lowest BCUT2D eigenvalue weighted by Crippen LogP contribution is -2.28. The van der Waals surface area contributed by atoms with Crippen LogP contribution in [0.15, 0.2) is 53.4 Å². The van der Waals surface area contributed by atoms with Crippen molar-refractivity contribution in [1.29, 1.82) is 0 Å². The van der Waals surface area contributed by atoms with E-state index in [4.69, 9.17) is 4.74 Å². The Bertz CT molecular complexity index is 942. The van der Waals surface area contributed by atoms with Crippen LogP contribution in [0.5, 0.6) is 5.75 Å². The summed E-state index contributed by atoms with van der Waals surface area (Å²) >= 11 is 1.52. The fourth-order valence-electron chi connectivity index (χ4n) is 3.13. The first kappa shape index (κ1) is 21.7. The fraction of sp³-hybridized carbons (Fsp3) is 0.381. The molecule has 156 valence electrons. The van der Waals surface area contributed by atoms with E-state index in [-0.39, 0.29) is 16.1 Å². The summed E-state index contributed by atoms with van der Waals surface area (Å²) in [7, 11) is -2.07. The summed E-state index contributed by atoms with van der Waals surface area (Å²) in [6.07, 6.45) is 1.74. The van der Waals surface area contributed by atoms with Crippen molar-refractivity contribution in [3.8, 4) is 5.75 Å². The number of ether oxygens (including phenoxy) is 1. The van der Waals surface area contributed by atoms with Crippen LogP contribution in [-0.4, -0.2) is 44.1 Å². The van der Waals surface area contributed by atoms with Crippen molar-refractivity contribution in [1.82, 2.24) is 4.31 Å². The summed E-state index contributed by atoms with van der Waals surface area (Å²) in [4.78, 5) is 12.8. The van der Waals surface area contributed by atoms with Gasteiger partial charge in [0, 0.05) is 18.8 Å². The number of carbonyl (C=O) groups is 1. The van der Waals surface area contributed by atoms with Crippen LogP contribution in [0.2, 0.25) is 0 Å². The summed E-state index contributed by atoms with van der Waals surface area (Å²) < 4.78 is 32.5. The Morgan fingerprint density at radius 2 is 1.86 bits per heavy atom. The lowest BCUT2D eigenvalue weighted by Gasteiger charge is -2.18. The van der Waals surface area contributed by atoms with Gasteiger partial charge in [-0.1, -0.05) is 30.3 Å². The lowest BCUT2D eigenvalue weighted by molar-refractivity contribution is -0.115. The summed E-state index contributed by atoms with van der Waals surface area (Å²) in [5.74, 6) is 0.953. The number of carbonyl (C=O) groups excluding carboxylic acids is 1. The maximum Gasteiger partial charge on any atom is 0.243 e. The molecule has 1 atom stereocenters. The van der Waals surface area contributed by atoms with Crippen LogP contribution in [0.4, 0.5) is 5.69 Å². The summed E-state index contributed by atoms with van der Waals surface area (Å²) in [5, 5.41) is 2.53. The molecule has 6 nitrogen and oxygen atoms in total. The Kier molecular flexibility index (Phi) is 7.21. The van der Waals surface area contributed by atoms with Crippen LogP contribution in [0, 0.1) is 0 Å². The molecule has 2 aromatic rings. The second-order valence-corrected chi connectivity index (χ2v) is 10.2. The molecule has 0 radical (unpaired) electrons. The molecule has 1 fully saturated rings. The van der Waals surface area contributed by atoms with E-state index in [1.807, 2.05) is 37.3 Å². The molecule has 0 saturated carbocycles. The Labute approximate surface area is 176 Å². The highest BCUT2D eigenvalue weighted by Gasteiger charge is 2.28. The Balaban J connectivity index is 1.72. The predicted octanol–water partition coefficient (Wildman–Crippen LogP) is 3.74. The minimum atomic E-state index is -3.57. The first-order chi connectivity index (χ1) is 13.9. The standard InChI is InChI=1S/C21H26N2O4S2/c1-16(28-15-17-8-4-3-5-9-17)21(24)22-19-14-18(10-11-20(19)27-2)29(25,26)23-12-6-7-13-23/h3-5,8-11,14,16H,6-7,12-13,15H2,1-2H3,(H,22,24). The zero-order valence-corrected chi connectivity index (χ0v) is 18.3. The molecular formula is C21H26N2O4S2. The van der Waals surface area contributed by atoms with Crippen molar-refractivity contribution in [2.75, 3.05) is 25.5 Å². The molecule has 0 spiro atoms. The maximum absolute atomic E-state index is 12.8. The first-order valence-corrected chi connectivity index (χ1v) is 12.1. The van der Waals surface area contributed by atoms with Gasteiger partial charge in [-0.25, -0.2) is 8.42 Å². The molecule has 1 aliphatic heterocycles. The number of rotatable bonds is 8.